The molecule has 0 atom stereocenters. The smallest absolute Gasteiger partial charge is 0.248 e. The number of benzene rings is 1. The first-order valence-electron chi connectivity index (χ1n) is 7.69. The van der Waals surface area contributed by atoms with E-state index < -0.39 is 0 Å². The fraction of sp³-hybridized carbons (Fsp3) is 0.500. The topological polar surface area (TPSA) is 62.4 Å². The van der Waals surface area contributed by atoms with Gasteiger partial charge in [0, 0.05) is 11.4 Å². The number of hydrazine groups is 1. The summed E-state index contributed by atoms with van der Waals surface area (Å²) in [6, 6.07) is 7.68. The second-order valence-electron chi connectivity index (χ2n) is 5.30. The highest BCUT2D eigenvalue weighted by atomic mass is 32.2. The van der Waals surface area contributed by atoms with Crippen molar-refractivity contribution in [2.24, 2.45) is 5.92 Å². The molecule has 0 spiro atoms. The van der Waals surface area contributed by atoms with E-state index in [1.165, 1.54) is 11.8 Å². The van der Waals surface area contributed by atoms with Crippen molar-refractivity contribution in [3.8, 4) is 5.75 Å². The average molecular weight is 356 g/mol. The molecular weight excluding hydrogens is 330 g/mol. The molecule has 1 amide bonds. The van der Waals surface area contributed by atoms with E-state index >= 15 is 0 Å². The maximum absolute atomic E-state index is 11.8. The molecule has 0 aliphatic rings. The van der Waals surface area contributed by atoms with E-state index in [1.54, 1.807) is 0 Å². The molecule has 3 N–H and O–H groups in total. The van der Waals surface area contributed by atoms with Crippen molar-refractivity contribution in [1.82, 2.24) is 16.2 Å². The van der Waals surface area contributed by atoms with Crippen molar-refractivity contribution in [2.45, 2.75) is 32.1 Å². The van der Waals surface area contributed by atoms with E-state index in [-0.39, 0.29) is 5.91 Å². The molecule has 0 bridgehead atoms. The number of amides is 1. The fourth-order valence-corrected chi connectivity index (χ4v) is 2.48. The summed E-state index contributed by atoms with van der Waals surface area (Å²) in [6.07, 6.45) is 1.03. The van der Waals surface area contributed by atoms with Crippen LogP contribution in [-0.4, -0.2) is 29.9 Å². The van der Waals surface area contributed by atoms with Crippen molar-refractivity contribution >= 4 is 35.0 Å². The minimum atomic E-state index is -0.128. The summed E-state index contributed by atoms with van der Waals surface area (Å²) in [7, 11) is 0. The molecule has 0 fully saturated rings. The second-order valence-corrected chi connectivity index (χ2v) is 6.76. The molecule has 0 unspecified atom stereocenters. The van der Waals surface area contributed by atoms with Gasteiger partial charge in [-0.2, -0.15) is 0 Å². The molecule has 0 aliphatic heterocycles. The first-order valence-corrected chi connectivity index (χ1v) is 9.09. The monoisotopic (exact) mass is 355 g/mol. The van der Waals surface area contributed by atoms with Crippen LogP contribution >= 0.6 is 24.0 Å². The number of hydrogen-bond acceptors (Lipinski definition) is 4. The number of rotatable bonds is 8. The van der Waals surface area contributed by atoms with Gasteiger partial charge in [0.25, 0.3) is 0 Å². The Morgan fingerprint density at radius 3 is 2.57 bits per heavy atom. The van der Waals surface area contributed by atoms with Crippen molar-refractivity contribution in [3.63, 3.8) is 0 Å². The summed E-state index contributed by atoms with van der Waals surface area (Å²) in [5.74, 6) is 1.64. The van der Waals surface area contributed by atoms with Gasteiger partial charge in [-0.15, -0.1) is 11.8 Å². The van der Waals surface area contributed by atoms with Crippen LogP contribution in [0.5, 0.6) is 5.75 Å². The zero-order chi connectivity index (χ0) is 17.1. The van der Waals surface area contributed by atoms with Crippen LogP contribution in [0.4, 0.5) is 0 Å². The third-order valence-corrected chi connectivity index (χ3v) is 4.09. The third-order valence-electron chi connectivity index (χ3n) is 2.83. The standard InChI is InChI=1S/C16H25N3O2S2/c1-4-21-13-5-7-14(8-6-13)23-11-15(20)18-19-16(22)17-10-9-12(2)3/h5-8,12H,4,9-11H2,1-3H3,(H,18,20)(H2,17,19,22). The second kappa shape index (κ2) is 11.1. The lowest BCUT2D eigenvalue weighted by molar-refractivity contribution is -0.119. The molecule has 1 rings (SSSR count). The van der Waals surface area contributed by atoms with Crippen LogP contribution in [0, 0.1) is 5.92 Å². The van der Waals surface area contributed by atoms with Gasteiger partial charge in [0.05, 0.1) is 12.4 Å². The van der Waals surface area contributed by atoms with Crippen LogP contribution in [0.2, 0.25) is 0 Å². The lowest BCUT2D eigenvalue weighted by atomic mass is 10.1. The molecular formula is C16H25N3O2S2. The van der Waals surface area contributed by atoms with E-state index in [9.17, 15) is 4.79 Å². The maximum atomic E-state index is 11.8. The molecule has 0 aliphatic carbocycles. The Bertz CT molecular complexity index is 493. The van der Waals surface area contributed by atoms with Gasteiger partial charge < -0.3 is 10.1 Å². The number of ether oxygens (including phenoxy) is 1. The molecule has 0 heterocycles. The van der Waals surface area contributed by atoms with Crippen LogP contribution in [0.3, 0.4) is 0 Å². The lowest BCUT2D eigenvalue weighted by Crippen LogP contribution is -2.47. The van der Waals surface area contributed by atoms with Gasteiger partial charge in [0.15, 0.2) is 5.11 Å². The zero-order valence-corrected chi connectivity index (χ0v) is 15.5. The molecule has 0 aromatic heterocycles. The van der Waals surface area contributed by atoms with Gasteiger partial charge in [-0.25, -0.2) is 0 Å². The van der Waals surface area contributed by atoms with E-state index in [0.29, 0.717) is 23.4 Å². The third kappa shape index (κ3) is 9.30. The van der Waals surface area contributed by atoms with E-state index in [1.807, 2.05) is 31.2 Å². The predicted molar refractivity (Wildman–Crippen MR) is 99.7 cm³/mol. The van der Waals surface area contributed by atoms with Crippen LogP contribution in [-0.2, 0) is 4.79 Å². The molecule has 1 aromatic rings. The minimum Gasteiger partial charge on any atom is -0.494 e. The first-order chi connectivity index (χ1) is 11.0. The molecule has 0 saturated carbocycles. The van der Waals surface area contributed by atoms with Crippen molar-refractivity contribution in [3.05, 3.63) is 24.3 Å². The summed E-state index contributed by atoms with van der Waals surface area (Å²) in [5, 5.41) is 3.48. The SMILES string of the molecule is CCOc1ccc(SCC(=O)NNC(=S)NCCC(C)C)cc1. The van der Waals surface area contributed by atoms with Gasteiger partial charge in [0.1, 0.15) is 5.75 Å². The molecule has 5 nitrogen and oxygen atoms in total. The Kier molecular flexibility index (Phi) is 9.47. The number of carbonyl (C=O) groups is 1. The normalized spacial score (nSPS) is 10.3. The number of thiocarbonyl (C=S) groups is 1. The lowest BCUT2D eigenvalue weighted by Gasteiger charge is -2.12. The largest absolute Gasteiger partial charge is 0.494 e. The fourth-order valence-electron chi connectivity index (χ4n) is 1.63. The van der Waals surface area contributed by atoms with E-state index in [2.05, 4.69) is 30.0 Å². The first kappa shape index (κ1) is 19.6. The Hall–Kier alpha value is -1.47. The Morgan fingerprint density at radius 2 is 1.96 bits per heavy atom. The van der Waals surface area contributed by atoms with Crippen LogP contribution in [0.15, 0.2) is 29.2 Å². The van der Waals surface area contributed by atoms with Gasteiger partial charge in [0.2, 0.25) is 5.91 Å². The van der Waals surface area contributed by atoms with E-state index in [0.717, 1.165) is 23.6 Å². The molecule has 0 radical (unpaired) electrons. The molecule has 23 heavy (non-hydrogen) atoms. The predicted octanol–water partition coefficient (Wildman–Crippen LogP) is 2.72. The van der Waals surface area contributed by atoms with Crippen LogP contribution in [0.25, 0.3) is 0 Å². The van der Waals surface area contributed by atoms with Crippen LogP contribution in [0.1, 0.15) is 27.2 Å². The summed E-state index contributed by atoms with van der Waals surface area (Å²) >= 11 is 6.54. The molecule has 1 aromatic carbocycles. The van der Waals surface area contributed by atoms with E-state index in [4.69, 9.17) is 17.0 Å². The Morgan fingerprint density at radius 1 is 1.26 bits per heavy atom. The van der Waals surface area contributed by atoms with Crippen molar-refractivity contribution in [2.75, 3.05) is 18.9 Å². The average Bonchev–Trinajstić information content (AvgIpc) is 2.52. The van der Waals surface area contributed by atoms with Gasteiger partial charge in [-0.1, -0.05) is 13.8 Å². The highest BCUT2D eigenvalue weighted by Gasteiger charge is 2.04. The van der Waals surface area contributed by atoms with Crippen molar-refractivity contribution < 1.29 is 9.53 Å². The maximum Gasteiger partial charge on any atom is 0.248 e. The number of thioether (sulfide) groups is 1. The van der Waals surface area contributed by atoms with Gasteiger partial charge in [-0.05, 0) is 55.7 Å². The summed E-state index contributed by atoms with van der Waals surface area (Å²) in [4.78, 5) is 12.8. The minimum absolute atomic E-state index is 0.128. The molecule has 128 valence electrons. The highest BCUT2D eigenvalue weighted by Crippen LogP contribution is 2.21. The Balaban J connectivity index is 2.19. The summed E-state index contributed by atoms with van der Waals surface area (Å²) in [6.45, 7) is 7.68. The quantitative estimate of drug-likeness (QED) is 0.379. The summed E-state index contributed by atoms with van der Waals surface area (Å²) < 4.78 is 5.38. The summed E-state index contributed by atoms with van der Waals surface area (Å²) in [5.41, 5.74) is 5.29. The van der Waals surface area contributed by atoms with Crippen molar-refractivity contribution in [1.29, 1.82) is 0 Å². The van der Waals surface area contributed by atoms with Gasteiger partial charge >= 0.3 is 0 Å². The number of nitrogens with one attached hydrogen (secondary N) is 3. The highest BCUT2D eigenvalue weighted by molar-refractivity contribution is 8.00. The van der Waals surface area contributed by atoms with Gasteiger partial charge in [-0.3, -0.25) is 15.6 Å². The molecule has 0 saturated heterocycles. The Labute approximate surface area is 147 Å². The zero-order valence-electron chi connectivity index (χ0n) is 13.8. The molecule has 7 heteroatoms. The number of carbonyl (C=O) groups excluding carboxylic acids is 1. The van der Waals surface area contributed by atoms with Crippen LogP contribution < -0.4 is 20.9 Å². The number of hydrogen-bond donors (Lipinski definition) is 3.